The Morgan fingerprint density at radius 2 is 2.17 bits per heavy atom. The molecule has 120 valence electrons. The third kappa shape index (κ3) is 2.98. The van der Waals surface area contributed by atoms with Gasteiger partial charge in [0.25, 0.3) is 0 Å². The first-order chi connectivity index (χ1) is 11.2. The van der Waals surface area contributed by atoms with Gasteiger partial charge in [0, 0.05) is 16.6 Å². The fourth-order valence-corrected chi connectivity index (χ4v) is 4.13. The van der Waals surface area contributed by atoms with Crippen LogP contribution in [0.1, 0.15) is 47.5 Å². The molecule has 1 N–H and O–H groups in total. The average molecular weight is 328 g/mol. The van der Waals surface area contributed by atoms with Gasteiger partial charge in [-0.1, -0.05) is 18.2 Å². The molecular weight excluding hydrogens is 308 g/mol. The number of nitrogens with zero attached hydrogens (tertiary/aromatic N) is 1. The highest BCUT2D eigenvalue weighted by atomic mass is 32.1. The van der Waals surface area contributed by atoms with E-state index in [0.717, 1.165) is 28.4 Å². The number of ether oxygens (including phenoxy) is 1. The van der Waals surface area contributed by atoms with Crippen LogP contribution in [-0.4, -0.2) is 17.5 Å². The second-order valence-electron chi connectivity index (χ2n) is 6.38. The molecule has 1 saturated carbocycles. The Morgan fingerprint density at radius 1 is 1.35 bits per heavy atom. The number of hydrogen-bond acceptors (Lipinski definition) is 4. The largest absolute Gasteiger partial charge is 0.493 e. The summed E-state index contributed by atoms with van der Waals surface area (Å²) in [6.07, 6.45) is 3.08. The van der Waals surface area contributed by atoms with E-state index in [0.29, 0.717) is 12.5 Å². The SMILES string of the molecule is Cc1csc([C@H](NC(=O)[C@H]2CCOc3ccccc32)C2CC2)n1. The summed E-state index contributed by atoms with van der Waals surface area (Å²) in [7, 11) is 0. The lowest BCUT2D eigenvalue weighted by atomic mass is 9.92. The van der Waals surface area contributed by atoms with Gasteiger partial charge in [0.05, 0.1) is 18.6 Å². The van der Waals surface area contributed by atoms with Crippen LogP contribution in [0.4, 0.5) is 0 Å². The van der Waals surface area contributed by atoms with Crippen LogP contribution in [0.15, 0.2) is 29.6 Å². The van der Waals surface area contributed by atoms with Gasteiger partial charge in [0.2, 0.25) is 5.91 Å². The fourth-order valence-electron chi connectivity index (χ4n) is 3.19. The molecule has 1 fully saturated rings. The molecule has 0 spiro atoms. The second-order valence-corrected chi connectivity index (χ2v) is 7.27. The van der Waals surface area contributed by atoms with Crippen molar-refractivity contribution in [2.45, 2.75) is 38.1 Å². The normalized spacial score (nSPS) is 21.2. The summed E-state index contributed by atoms with van der Waals surface area (Å²) >= 11 is 1.65. The monoisotopic (exact) mass is 328 g/mol. The predicted octanol–water partition coefficient (Wildman–Crippen LogP) is 3.59. The summed E-state index contributed by atoms with van der Waals surface area (Å²) in [6, 6.07) is 7.92. The molecule has 4 nitrogen and oxygen atoms in total. The molecule has 0 radical (unpaired) electrons. The van der Waals surface area contributed by atoms with Gasteiger partial charge in [0.1, 0.15) is 10.8 Å². The van der Waals surface area contributed by atoms with Crippen LogP contribution < -0.4 is 10.1 Å². The highest BCUT2D eigenvalue weighted by Gasteiger charge is 2.37. The fraction of sp³-hybridized carbons (Fsp3) is 0.444. The van der Waals surface area contributed by atoms with Crippen molar-refractivity contribution in [1.82, 2.24) is 10.3 Å². The molecule has 1 aromatic carbocycles. The summed E-state index contributed by atoms with van der Waals surface area (Å²) in [5.74, 6) is 1.36. The number of fused-ring (bicyclic) bond motifs is 1. The second kappa shape index (κ2) is 5.96. The zero-order chi connectivity index (χ0) is 15.8. The number of rotatable bonds is 4. The van der Waals surface area contributed by atoms with Crippen molar-refractivity contribution in [1.29, 1.82) is 0 Å². The summed E-state index contributed by atoms with van der Waals surface area (Å²) in [5.41, 5.74) is 2.03. The van der Waals surface area contributed by atoms with E-state index >= 15 is 0 Å². The molecule has 0 bridgehead atoms. The molecule has 0 unspecified atom stereocenters. The molecule has 1 amide bonds. The first-order valence-electron chi connectivity index (χ1n) is 8.16. The number of para-hydroxylation sites is 1. The summed E-state index contributed by atoms with van der Waals surface area (Å²) in [4.78, 5) is 17.5. The molecule has 1 aromatic heterocycles. The van der Waals surface area contributed by atoms with Gasteiger partial charge in [0.15, 0.2) is 0 Å². The Kier molecular flexibility index (Phi) is 3.81. The summed E-state index contributed by atoms with van der Waals surface area (Å²) in [5, 5.41) is 6.37. The lowest BCUT2D eigenvalue weighted by Gasteiger charge is -2.27. The molecule has 2 heterocycles. The Labute approximate surface area is 139 Å². The van der Waals surface area contributed by atoms with Gasteiger partial charge in [-0.25, -0.2) is 4.98 Å². The lowest BCUT2D eigenvalue weighted by Crippen LogP contribution is -2.36. The van der Waals surface area contributed by atoms with Gasteiger partial charge in [-0.3, -0.25) is 4.79 Å². The van der Waals surface area contributed by atoms with Crippen molar-refractivity contribution in [2.24, 2.45) is 5.92 Å². The minimum atomic E-state index is -0.123. The number of nitrogens with one attached hydrogen (secondary N) is 1. The van der Waals surface area contributed by atoms with Crippen molar-refractivity contribution in [3.8, 4) is 5.75 Å². The van der Waals surface area contributed by atoms with Crippen molar-refractivity contribution in [3.05, 3.63) is 45.9 Å². The molecule has 0 saturated heterocycles. The Balaban J connectivity index is 1.55. The zero-order valence-electron chi connectivity index (χ0n) is 13.1. The maximum absolute atomic E-state index is 12.9. The highest BCUT2D eigenvalue weighted by molar-refractivity contribution is 7.09. The maximum atomic E-state index is 12.9. The Bertz CT molecular complexity index is 723. The van der Waals surface area contributed by atoms with Crippen molar-refractivity contribution >= 4 is 17.2 Å². The van der Waals surface area contributed by atoms with E-state index in [9.17, 15) is 4.79 Å². The van der Waals surface area contributed by atoms with Crippen LogP contribution in [-0.2, 0) is 4.79 Å². The molecule has 2 atom stereocenters. The van der Waals surface area contributed by atoms with Gasteiger partial charge >= 0.3 is 0 Å². The topological polar surface area (TPSA) is 51.2 Å². The van der Waals surface area contributed by atoms with E-state index < -0.39 is 0 Å². The van der Waals surface area contributed by atoms with Crippen LogP contribution >= 0.6 is 11.3 Å². The number of aryl methyl sites for hydroxylation is 1. The van der Waals surface area contributed by atoms with E-state index in [2.05, 4.69) is 15.7 Å². The third-order valence-corrected chi connectivity index (χ3v) is 5.61. The quantitative estimate of drug-likeness (QED) is 0.933. The van der Waals surface area contributed by atoms with Crippen LogP contribution in [0.3, 0.4) is 0 Å². The van der Waals surface area contributed by atoms with Crippen LogP contribution in [0.25, 0.3) is 0 Å². The molecule has 2 aliphatic rings. The van der Waals surface area contributed by atoms with E-state index in [1.54, 1.807) is 11.3 Å². The van der Waals surface area contributed by atoms with E-state index in [-0.39, 0.29) is 17.9 Å². The van der Waals surface area contributed by atoms with E-state index in [1.165, 1.54) is 12.8 Å². The van der Waals surface area contributed by atoms with E-state index in [1.807, 2.05) is 31.2 Å². The zero-order valence-corrected chi connectivity index (χ0v) is 13.9. The number of hydrogen-bond donors (Lipinski definition) is 1. The number of carbonyl (C=O) groups is 1. The molecule has 4 rings (SSSR count). The smallest absolute Gasteiger partial charge is 0.228 e. The van der Waals surface area contributed by atoms with Gasteiger partial charge in [-0.05, 0) is 38.2 Å². The molecule has 2 aromatic rings. The van der Waals surface area contributed by atoms with Crippen molar-refractivity contribution in [3.63, 3.8) is 0 Å². The molecule has 1 aliphatic heterocycles. The Hall–Kier alpha value is -1.88. The third-order valence-electron chi connectivity index (χ3n) is 4.57. The van der Waals surface area contributed by atoms with Crippen LogP contribution in [0, 0.1) is 12.8 Å². The number of carbonyl (C=O) groups excluding carboxylic acids is 1. The first-order valence-corrected chi connectivity index (χ1v) is 9.04. The number of aromatic nitrogens is 1. The first kappa shape index (κ1) is 14.7. The molecule has 23 heavy (non-hydrogen) atoms. The maximum Gasteiger partial charge on any atom is 0.228 e. The number of amides is 1. The molecule has 1 aliphatic carbocycles. The highest BCUT2D eigenvalue weighted by Crippen LogP contribution is 2.43. The lowest BCUT2D eigenvalue weighted by molar-refractivity contribution is -0.124. The minimum absolute atomic E-state index is 0.0659. The van der Waals surface area contributed by atoms with Gasteiger partial charge in [-0.2, -0.15) is 0 Å². The average Bonchev–Trinajstić information content (AvgIpc) is 3.33. The number of thiazole rings is 1. The van der Waals surface area contributed by atoms with Crippen LogP contribution in [0.2, 0.25) is 0 Å². The van der Waals surface area contributed by atoms with E-state index in [4.69, 9.17) is 4.74 Å². The van der Waals surface area contributed by atoms with Crippen LogP contribution in [0.5, 0.6) is 5.75 Å². The predicted molar refractivity (Wildman–Crippen MR) is 89.8 cm³/mol. The summed E-state index contributed by atoms with van der Waals surface area (Å²) < 4.78 is 5.67. The van der Waals surface area contributed by atoms with Crippen molar-refractivity contribution in [2.75, 3.05) is 6.61 Å². The summed E-state index contributed by atoms with van der Waals surface area (Å²) in [6.45, 7) is 2.60. The minimum Gasteiger partial charge on any atom is -0.493 e. The van der Waals surface area contributed by atoms with Gasteiger partial charge < -0.3 is 10.1 Å². The van der Waals surface area contributed by atoms with Gasteiger partial charge in [-0.15, -0.1) is 11.3 Å². The molecule has 5 heteroatoms. The standard InChI is InChI=1S/C18H20N2O2S/c1-11-10-23-18(19-11)16(12-6-7-12)20-17(21)14-8-9-22-15-5-3-2-4-13(14)15/h2-5,10,12,14,16H,6-9H2,1H3,(H,20,21)/t14-,16+/m0/s1. The van der Waals surface area contributed by atoms with Crippen molar-refractivity contribution < 1.29 is 9.53 Å². The molecular formula is C18H20N2O2S. The Morgan fingerprint density at radius 3 is 2.91 bits per heavy atom. The number of benzene rings is 1.